The molecule has 4 rings (SSSR count). The number of pyridine rings is 1. The van der Waals surface area contributed by atoms with Crippen molar-refractivity contribution in [1.29, 1.82) is 0 Å². The topological polar surface area (TPSA) is 98.2 Å². The summed E-state index contributed by atoms with van der Waals surface area (Å²) in [5.74, 6) is 1.37. The highest BCUT2D eigenvalue weighted by Gasteiger charge is 2.32. The van der Waals surface area contributed by atoms with Crippen LogP contribution in [0, 0.1) is 6.92 Å². The number of carbonyl (C=O) groups excluding carboxylic acids is 1. The van der Waals surface area contributed by atoms with Gasteiger partial charge in [-0.05, 0) is 38.3 Å². The average Bonchev–Trinajstić information content (AvgIpc) is 3.41. The van der Waals surface area contributed by atoms with E-state index in [1.807, 2.05) is 17.0 Å². The van der Waals surface area contributed by atoms with Crippen LogP contribution >= 0.6 is 0 Å². The fourth-order valence-corrected chi connectivity index (χ4v) is 3.30. The van der Waals surface area contributed by atoms with E-state index in [2.05, 4.69) is 20.1 Å². The third-order valence-electron chi connectivity index (χ3n) is 4.67. The molecule has 3 aromatic rings. The molecule has 1 saturated heterocycles. The number of carbonyl (C=O) groups is 1. The van der Waals surface area contributed by atoms with E-state index in [4.69, 9.17) is 8.94 Å². The molecule has 4 heterocycles. The van der Waals surface area contributed by atoms with Crippen LogP contribution in [-0.4, -0.2) is 43.5 Å². The predicted molar refractivity (Wildman–Crippen MR) is 91.1 cm³/mol. The van der Waals surface area contributed by atoms with Crippen LogP contribution in [-0.2, 0) is 6.42 Å². The molecule has 1 aliphatic heterocycles. The lowest BCUT2D eigenvalue weighted by molar-refractivity contribution is 0.0697. The van der Waals surface area contributed by atoms with Gasteiger partial charge in [0.15, 0.2) is 12.2 Å². The maximum absolute atomic E-state index is 12.7. The molecule has 0 spiro atoms. The second kappa shape index (κ2) is 7.07. The minimum atomic E-state index is -0.0897. The molecular weight excluding hydrogens is 334 g/mol. The van der Waals surface area contributed by atoms with Gasteiger partial charge in [-0.3, -0.25) is 9.78 Å². The van der Waals surface area contributed by atoms with Crippen molar-refractivity contribution in [3.8, 4) is 11.5 Å². The number of oxazole rings is 1. The van der Waals surface area contributed by atoms with Gasteiger partial charge in [-0.1, -0.05) is 5.16 Å². The van der Waals surface area contributed by atoms with E-state index in [0.29, 0.717) is 29.6 Å². The Morgan fingerprint density at radius 1 is 1.35 bits per heavy atom. The van der Waals surface area contributed by atoms with Crippen LogP contribution in [0.3, 0.4) is 0 Å². The van der Waals surface area contributed by atoms with Gasteiger partial charge in [0.05, 0.1) is 5.69 Å². The standard InChI is InChI=1S/C18H19N5O3/c1-12-16(25-11-20-12)18(24)23-10-2-3-14(23)4-5-15-21-17(26-22-15)13-6-8-19-9-7-13/h6-9,11,14H,2-5,10H2,1H3. The maximum Gasteiger partial charge on any atom is 0.291 e. The van der Waals surface area contributed by atoms with Gasteiger partial charge >= 0.3 is 0 Å². The Balaban J connectivity index is 1.40. The summed E-state index contributed by atoms with van der Waals surface area (Å²) in [6, 6.07) is 3.80. The lowest BCUT2D eigenvalue weighted by Gasteiger charge is -2.23. The minimum Gasteiger partial charge on any atom is -0.438 e. The van der Waals surface area contributed by atoms with Crippen molar-refractivity contribution < 1.29 is 13.7 Å². The number of amides is 1. The first-order valence-electron chi connectivity index (χ1n) is 8.66. The second-order valence-electron chi connectivity index (χ2n) is 6.35. The second-order valence-corrected chi connectivity index (χ2v) is 6.35. The zero-order chi connectivity index (χ0) is 17.9. The summed E-state index contributed by atoms with van der Waals surface area (Å²) in [6.45, 7) is 2.51. The number of hydrogen-bond donors (Lipinski definition) is 0. The number of aromatic nitrogens is 4. The molecule has 8 heteroatoms. The van der Waals surface area contributed by atoms with Gasteiger partial charge in [0.2, 0.25) is 5.76 Å². The SMILES string of the molecule is Cc1ncoc1C(=O)N1CCCC1CCc1noc(-c2ccncc2)n1. The van der Waals surface area contributed by atoms with Crippen molar-refractivity contribution in [3.63, 3.8) is 0 Å². The highest BCUT2D eigenvalue weighted by Crippen LogP contribution is 2.25. The quantitative estimate of drug-likeness (QED) is 0.695. The molecule has 1 aliphatic rings. The van der Waals surface area contributed by atoms with Gasteiger partial charge in [0.1, 0.15) is 0 Å². The molecular formula is C18H19N5O3. The molecule has 0 saturated carbocycles. The first-order chi connectivity index (χ1) is 12.7. The summed E-state index contributed by atoms with van der Waals surface area (Å²) in [5.41, 5.74) is 1.47. The van der Waals surface area contributed by atoms with Crippen LogP contribution in [0.4, 0.5) is 0 Å². The monoisotopic (exact) mass is 353 g/mol. The van der Waals surface area contributed by atoms with Crippen molar-refractivity contribution in [1.82, 2.24) is 25.0 Å². The van der Waals surface area contributed by atoms with Crippen molar-refractivity contribution in [2.24, 2.45) is 0 Å². The molecule has 0 radical (unpaired) electrons. The van der Waals surface area contributed by atoms with Crippen LogP contribution in [0.1, 0.15) is 41.3 Å². The highest BCUT2D eigenvalue weighted by atomic mass is 16.5. The van der Waals surface area contributed by atoms with Gasteiger partial charge in [-0.2, -0.15) is 4.98 Å². The summed E-state index contributed by atoms with van der Waals surface area (Å²) in [5, 5.41) is 4.05. The molecule has 1 unspecified atom stereocenters. The Labute approximate surface area is 150 Å². The third-order valence-corrected chi connectivity index (χ3v) is 4.67. The lowest BCUT2D eigenvalue weighted by atomic mass is 10.1. The number of hydrogen-bond acceptors (Lipinski definition) is 7. The Hall–Kier alpha value is -3.03. The van der Waals surface area contributed by atoms with E-state index in [9.17, 15) is 4.79 Å². The van der Waals surface area contributed by atoms with Crippen LogP contribution in [0.2, 0.25) is 0 Å². The molecule has 1 amide bonds. The van der Waals surface area contributed by atoms with E-state index in [0.717, 1.165) is 31.4 Å². The summed E-state index contributed by atoms with van der Waals surface area (Å²) in [6.07, 6.45) is 8.08. The smallest absolute Gasteiger partial charge is 0.291 e. The predicted octanol–water partition coefficient (Wildman–Crippen LogP) is 2.67. The molecule has 26 heavy (non-hydrogen) atoms. The third kappa shape index (κ3) is 3.22. The van der Waals surface area contributed by atoms with Gasteiger partial charge < -0.3 is 13.8 Å². The summed E-state index contributed by atoms with van der Waals surface area (Å²) in [4.78, 5) is 27.0. The maximum atomic E-state index is 12.7. The lowest BCUT2D eigenvalue weighted by Crippen LogP contribution is -2.36. The average molecular weight is 353 g/mol. The van der Waals surface area contributed by atoms with Gasteiger partial charge in [0, 0.05) is 37.0 Å². The van der Waals surface area contributed by atoms with E-state index >= 15 is 0 Å². The van der Waals surface area contributed by atoms with Gasteiger partial charge in [0.25, 0.3) is 11.8 Å². The molecule has 134 valence electrons. The molecule has 1 atom stereocenters. The van der Waals surface area contributed by atoms with E-state index in [-0.39, 0.29) is 11.9 Å². The molecule has 0 bridgehead atoms. The molecule has 0 N–H and O–H groups in total. The first kappa shape index (κ1) is 16.4. The van der Waals surface area contributed by atoms with Crippen molar-refractivity contribution >= 4 is 5.91 Å². The molecule has 8 nitrogen and oxygen atoms in total. The van der Waals surface area contributed by atoms with Gasteiger partial charge in [-0.15, -0.1) is 0 Å². The first-order valence-corrected chi connectivity index (χ1v) is 8.66. The Bertz CT molecular complexity index is 889. The van der Waals surface area contributed by atoms with E-state index in [1.54, 1.807) is 19.3 Å². The Morgan fingerprint density at radius 2 is 2.19 bits per heavy atom. The summed E-state index contributed by atoms with van der Waals surface area (Å²) >= 11 is 0. The minimum absolute atomic E-state index is 0.0897. The zero-order valence-electron chi connectivity index (χ0n) is 14.5. The zero-order valence-corrected chi connectivity index (χ0v) is 14.5. The van der Waals surface area contributed by atoms with Crippen molar-refractivity contribution in [2.45, 2.75) is 38.6 Å². The molecule has 1 fully saturated rings. The fraction of sp³-hybridized carbons (Fsp3) is 0.389. The fourth-order valence-electron chi connectivity index (χ4n) is 3.30. The Kier molecular flexibility index (Phi) is 4.47. The summed E-state index contributed by atoms with van der Waals surface area (Å²) < 4.78 is 10.6. The number of nitrogens with zero attached hydrogens (tertiary/aromatic N) is 5. The van der Waals surface area contributed by atoms with Gasteiger partial charge in [-0.25, -0.2) is 4.98 Å². The van der Waals surface area contributed by atoms with Crippen LogP contribution < -0.4 is 0 Å². The summed E-state index contributed by atoms with van der Waals surface area (Å²) in [7, 11) is 0. The molecule has 3 aromatic heterocycles. The number of aryl methyl sites for hydroxylation is 2. The van der Waals surface area contributed by atoms with Crippen molar-refractivity contribution in [3.05, 3.63) is 48.2 Å². The van der Waals surface area contributed by atoms with Crippen LogP contribution in [0.25, 0.3) is 11.5 Å². The highest BCUT2D eigenvalue weighted by molar-refractivity contribution is 5.92. The van der Waals surface area contributed by atoms with E-state index < -0.39 is 0 Å². The number of rotatable bonds is 5. The molecule has 0 aliphatic carbocycles. The largest absolute Gasteiger partial charge is 0.438 e. The Morgan fingerprint density at radius 3 is 2.96 bits per heavy atom. The normalized spacial score (nSPS) is 17.0. The van der Waals surface area contributed by atoms with Crippen LogP contribution in [0.15, 0.2) is 39.9 Å². The molecule has 0 aromatic carbocycles. The number of likely N-dealkylation sites (tertiary alicyclic amines) is 1. The van der Waals surface area contributed by atoms with E-state index in [1.165, 1.54) is 6.39 Å². The van der Waals surface area contributed by atoms with Crippen LogP contribution in [0.5, 0.6) is 0 Å². The van der Waals surface area contributed by atoms with Crippen molar-refractivity contribution in [2.75, 3.05) is 6.54 Å².